The average Bonchev–Trinajstić information content (AvgIpc) is 3.36. The number of anilines is 1. The van der Waals surface area contributed by atoms with E-state index >= 15 is 0 Å². The molecule has 3 aromatic rings. The quantitative estimate of drug-likeness (QED) is 0.398. The normalized spacial score (nSPS) is 15.1. The second kappa shape index (κ2) is 11.5. The molecule has 1 N–H and O–H groups in total. The minimum Gasteiger partial charge on any atom is -0.351 e. The molecular weight excluding hydrogens is 440 g/mol. The summed E-state index contributed by atoms with van der Waals surface area (Å²) in [4.78, 5) is 29.3. The maximum absolute atomic E-state index is 13.8. The highest BCUT2D eigenvalue weighted by atomic mass is 32.1. The summed E-state index contributed by atoms with van der Waals surface area (Å²) in [6.07, 6.45) is 5.76. The van der Waals surface area contributed by atoms with E-state index in [9.17, 15) is 9.59 Å². The lowest BCUT2D eigenvalue weighted by atomic mass is 9.94. The van der Waals surface area contributed by atoms with Crippen LogP contribution in [-0.4, -0.2) is 17.9 Å². The third kappa shape index (κ3) is 5.95. The van der Waals surface area contributed by atoms with E-state index in [1.165, 1.54) is 12.0 Å². The van der Waals surface area contributed by atoms with Gasteiger partial charge in [-0.1, -0.05) is 75.6 Å². The van der Waals surface area contributed by atoms with Crippen molar-refractivity contribution in [2.45, 2.75) is 70.4 Å². The Labute approximate surface area is 207 Å². The van der Waals surface area contributed by atoms with Gasteiger partial charge in [-0.25, -0.2) is 0 Å². The Hall–Kier alpha value is -2.92. The van der Waals surface area contributed by atoms with Crippen LogP contribution in [0.2, 0.25) is 0 Å². The Morgan fingerprint density at radius 3 is 2.26 bits per heavy atom. The minimum absolute atomic E-state index is 0.0802. The third-order valence-corrected chi connectivity index (χ3v) is 7.35. The third-order valence-electron chi connectivity index (χ3n) is 6.62. The Bertz CT molecular complexity index is 1060. The van der Waals surface area contributed by atoms with Gasteiger partial charge in [-0.15, -0.1) is 0 Å². The van der Waals surface area contributed by atoms with Crippen molar-refractivity contribution in [3.05, 3.63) is 88.1 Å². The minimum atomic E-state index is -0.723. The van der Waals surface area contributed by atoms with Crippen molar-refractivity contribution in [1.82, 2.24) is 5.32 Å². The van der Waals surface area contributed by atoms with E-state index in [0.717, 1.165) is 42.5 Å². The van der Waals surface area contributed by atoms with Gasteiger partial charge in [0.25, 0.3) is 0 Å². The Kier molecular flexibility index (Phi) is 8.17. The molecule has 34 heavy (non-hydrogen) atoms. The molecule has 0 unspecified atom stereocenters. The molecule has 1 saturated carbocycles. The van der Waals surface area contributed by atoms with Crippen molar-refractivity contribution in [2.75, 3.05) is 4.90 Å². The van der Waals surface area contributed by atoms with E-state index in [2.05, 4.69) is 31.3 Å². The van der Waals surface area contributed by atoms with Crippen LogP contribution in [0.15, 0.2) is 71.4 Å². The standard InChI is InChI=1S/C29H34N2O2S/c1-21(2)23-13-15-26(16-14-23)31(27(32)19-22-17-18-34-20-22)28(24-9-5-3-6-10-24)29(33)30-25-11-7-4-8-12-25/h3,5-6,9-10,13-18,20-21,25,28H,4,7-8,11-12,19H2,1-2H3,(H,30,33)/t28-/m0/s1. The van der Waals surface area contributed by atoms with Crippen molar-refractivity contribution < 1.29 is 9.59 Å². The monoisotopic (exact) mass is 474 g/mol. The molecule has 1 aliphatic carbocycles. The number of nitrogens with zero attached hydrogens (tertiary/aromatic N) is 1. The number of hydrogen-bond donors (Lipinski definition) is 1. The van der Waals surface area contributed by atoms with E-state index in [4.69, 9.17) is 0 Å². The number of carbonyl (C=O) groups excluding carboxylic acids is 2. The first-order valence-corrected chi connectivity index (χ1v) is 13.3. The van der Waals surface area contributed by atoms with Gasteiger partial charge < -0.3 is 5.32 Å². The number of carbonyl (C=O) groups is 2. The molecule has 4 nitrogen and oxygen atoms in total. The molecule has 0 radical (unpaired) electrons. The highest BCUT2D eigenvalue weighted by Crippen LogP contribution is 2.31. The van der Waals surface area contributed by atoms with Gasteiger partial charge in [-0.05, 0) is 64.4 Å². The summed E-state index contributed by atoms with van der Waals surface area (Å²) >= 11 is 1.58. The number of thiophene rings is 1. The van der Waals surface area contributed by atoms with Gasteiger partial charge in [0.15, 0.2) is 0 Å². The van der Waals surface area contributed by atoms with Crippen molar-refractivity contribution in [3.63, 3.8) is 0 Å². The van der Waals surface area contributed by atoms with Gasteiger partial charge in [-0.3, -0.25) is 14.5 Å². The van der Waals surface area contributed by atoms with Crippen molar-refractivity contribution in [2.24, 2.45) is 0 Å². The molecule has 2 aromatic carbocycles. The van der Waals surface area contributed by atoms with Gasteiger partial charge in [0.2, 0.25) is 11.8 Å². The molecule has 1 fully saturated rings. The molecule has 0 aliphatic heterocycles. The Morgan fingerprint density at radius 2 is 1.65 bits per heavy atom. The molecule has 0 spiro atoms. The maximum Gasteiger partial charge on any atom is 0.248 e. The van der Waals surface area contributed by atoms with Gasteiger partial charge >= 0.3 is 0 Å². The molecule has 0 saturated heterocycles. The number of nitrogens with one attached hydrogen (secondary N) is 1. The van der Waals surface area contributed by atoms with E-state index < -0.39 is 6.04 Å². The van der Waals surface area contributed by atoms with Crippen molar-refractivity contribution in [1.29, 1.82) is 0 Å². The second-order valence-corrected chi connectivity index (χ2v) is 10.3. The summed E-state index contributed by atoms with van der Waals surface area (Å²) in [5.41, 5.74) is 3.75. The Morgan fingerprint density at radius 1 is 0.941 bits per heavy atom. The number of benzene rings is 2. The molecule has 1 aliphatic rings. The summed E-state index contributed by atoms with van der Waals surface area (Å²) in [6, 6.07) is 19.2. The van der Waals surface area contributed by atoms with Gasteiger partial charge in [0, 0.05) is 11.7 Å². The summed E-state index contributed by atoms with van der Waals surface area (Å²) < 4.78 is 0. The topological polar surface area (TPSA) is 49.4 Å². The fourth-order valence-corrected chi connectivity index (χ4v) is 5.36. The summed E-state index contributed by atoms with van der Waals surface area (Å²) in [7, 11) is 0. The van der Waals surface area contributed by atoms with Crippen LogP contribution in [0.1, 0.15) is 74.6 Å². The summed E-state index contributed by atoms with van der Waals surface area (Å²) in [6.45, 7) is 4.30. The fourth-order valence-electron chi connectivity index (χ4n) is 4.69. The SMILES string of the molecule is CC(C)c1ccc(N(C(=O)Cc2ccsc2)[C@H](C(=O)NC2CCCCC2)c2ccccc2)cc1. The molecule has 1 atom stereocenters. The van der Waals surface area contributed by atoms with Crippen molar-refractivity contribution in [3.8, 4) is 0 Å². The maximum atomic E-state index is 13.8. The van der Waals surface area contributed by atoms with E-state index in [1.807, 2.05) is 59.3 Å². The molecule has 2 amide bonds. The first-order chi connectivity index (χ1) is 16.5. The largest absolute Gasteiger partial charge is 0.351 e. The zero-order valence-electron chi connectivity index (χ0n) is 20.1. The molecule has 178 valence electrons. The first-order valence-electron chi connectivity index (χ1n) is 12.3. The van der Waals surface area contributed by atoms with Crippen LogP contribution in [-0.2, 0) is 16.0 Å². The van der Waals surface area contributed by atoms with Gasteiger partial charge in [-0.2, -0.15) is 11.3 Å². The molecule has 1 aromatic heterocycles. The zero-order valence-corrected chi connectivity index (χ0v) is 20.9. The van der Waals surface area contributed by atoms with Crippen LogP contribution in [0.3, 0.4) is 0 Å². The van der Waals surface area contributed by atoms with Crippen molar-refractivity contribution >= 4 is 28.8 Å². The molecule has 0 bridgehead atoms. The van der Waals surface area contributed by atoms with Gasteiger partial charge in [0.1, 0.15) is 6.04 Å². The predicted molar refractivity (Wildman–Crippen MR) is 140 cm³/mol. The zero-order chi connectivity index (χ0) is 23.9. The Balaban J connectivity index is 1.72. The van der Waals surface area contributed by atoms with Crippen LogP contribution in [0.5, 0.6) is 0 Å². The lowest BCUT2D eigenvalue weighted by Crippen LogP contribution is -2.47. The van der Waals surface area contributed by atoms with E-state index in [-0.39, 0.29) is 24.3 Å². The van der Waals surface area contributed by atoms with Gasteiger partial charge in [0.05, 0.1) is 6.42 Å². The second-order valence-electron chi connectivity index (χ2n) is 9.48. The number of amides is 2. The van der Waals surface area contributed by atoms with Crippen LogP contribution in [0.4, 0.5) is 5.69 Å². The van der Waals surface area contributed by atoms with Crippen LogP contribution >= 0.6 is 11.3 Å². The highest BCUT2D eigenvalue weighted by molar-refractivity contribution is 7.08. The smallest absolute Gasteiger partial charge is 0.248 e. The molecular formula is C29H34N2O2S. The van der Waals surface area contributed by atoms with Crippen LogP contribution in [0, 0.1) is 0 Å². The molecule has 1 heterocycles. The summed E-state index contributed by atoms with van der Waals surface area (Å²) in [5.74, 6) is 0.205. The fraction of sp³-hybridized carbons (Fsp3) is 0.379. The summed E-state index contributed by atoms with van der Waals surface area (Å²) in [5, 5.41) is 7.26. The molecule has 4 rings (SSSR count). The lowest BCUT2D eigenvalue weighted by Gasteiger charge is -2.33. The number of hydrogen-bond acceptors (Lipinski definition) is 3. The van der Waals surface area contributed by atoms with Crippen LogP contribution in [0.25, 0.3) is 0 Å². The predicted octanol–water partition coefficient (Wildman–Crippen LogP) is 6.64. The highest BCUT2D eigenvalue weighted by Gasteiger charge is 2.34. The average molecular weight is 475 g/mol. The van der Waals surface area contributed by atoms with E-state index in [0.29, 0.717) is 5.92 Å². The van der Waals surface area contributed by atoms with Crippen LogP contribution < -0.4 is 10.2 Å². The van der Waals surface area contributed by atoms with E-state index in [1.54, 1.807) is 16.2 Å². The molecule has 5 heteroatoms. The first kappa shape index (κ1) is 24.2. The lowest BCUT2D eigenvalue weighted by molar-refractivity contribution is -0.127. The number of rotatable bonds is 8.